The van der Waals surface area contributed by atoms with Crippen LogP contribution in [0.15, 0.2) is 53.5 Å². The van der Waals surface area contributed by atoms with Crippen molar-refractivity contribution in [1.29, 1.82) is 0 Å². The molecule has 2 aromatic rings. The Morgan fingerprint density at radius 1 is 1.11 bits per heavy atom. The number of hydrogen-bond donors (Lipinski definition) is 2. The van der Waals surface area contributed by atoms with Gasteiger partial charge in [-0.2, -0.15) is 13.2 Å². The Bertz CT molecular complexity index is 1240. The van der Waals surface area contributed by atoms with Gasteiger partial charge >= 0.3 is 6.18 Å². The SMILES string of the molecule is COCCC(=O)NC1(C(=O)NC2N=C(c3ccc(C(F)(F)F)cc3)c3ccccc3N(C)C2=O)CCCC1. The average Bonchev–Trinajstić information content (AvgIpc) is 3.34. The lowest BCUT2D eigenvalue weighted by Gasteiger charge is -2.30. The number of halogens is 3. The molecule has 38 heavy (non-hydrogen) atoms. The molecule has 1 aliphatic heterocycles. The van der Waals surface area contributed by atoms with Gasteiger partial charge < -0.3 is 20.3 Å². The third kappa shape index (κ3) is 5.57. The first-order valence-electron chi connectivity index (χ1n) is 12.3. The fraction of sp³-hybridized carbons (Fsp3) is 0.407. The first-order chi connectivity index (χ1) is 18.1. The number of methoxy groups -OCH3 is 1. The van der Waals surface area contributed by atoms with Gasteiger partial charge in [0.25, 0.3) is 5.91 Å². The zero-order valence-electron chi connectivity index (χ0n) is 21.1. The molecule has 1 fully saturated rings. The van der Waals surface area contributed by atoms with Gasteiger partial charge in [0.2, 0.25) is 18.0 Å². The fourth-order valence-electron chi connectivity index (χ4n) is 4.84. The van der Waals surface area contributed by atoms with E-state index in [0.29, 0.717) is 29.7 Å². The largest absolute Gasteiger partial charge is 0.416 e. The first-order valence-corrected chi connectivity index (χ1v) is 12.3. The van der Waals surface area contributed by atoms with Crippen LogP contribution in [0.25, 0.3) is 0 Å². The Kier molecular flexibility index (Phi) is 7.86. The maximum Gasteiger partial charge on any atom is 0.416 e. The van der Waals surface area contributed by atoms with Crippen molar-refractivity contribution in [2.24, 2.45) is 4.99 Å². The summed E-state index contributed by atoms with van der Waals surface area (Å²) < 4.78 is 44.4. The predicted molar refractivity (Wildman–Crippen MR) is 135 cm³/mol. The number of fused-ring (bicyclic) bond motifs is 1. The maximum atomic E-state index is 13.6. The summed E-state index contributed by atoms with van der Waals surface area (Å²) in [5.41, 5.74) is -0.348. The normalized spacial score (nSPS) is 18.9. The Labute approximate surface area is 218 Å². The molecule has 11 heteroatoms. The minimum Gasteiger partial charge on any atom is -0.384 e. The third-order valence-corrected chi connectivity index (χ3v) is 6.90. The summed E-state index contributed by atoms with van der Waals surface area (Å²) >= 11 is 0. The average molecular weight is 531 g/mol. The maximum absolute atomic E-state index is 13.6. The van der Waals surface area contributed by atoms with Crippen LogP contribution >= 0.6 is 0 Å². The number of benzene rings is 2. The van der Waals surface area contributed by atoms with Crippen LogP contribution in [0.2, 0.25) is 0 Å². The molecule has 1 aliphatic carbocycles. The zero-order valence-corrected chi connectivity index (χ0v) is 21.1. The molecule has 0 aromatic heterocycles. The second kappa shape index (κ2) is 10.9. The second-order valence-corrected chi connectivity index (χ2v) is 9.42. The van der Waals surface area contributed by atoms with Crippen LogP contribution in [0.4, 0.5) is 18.9 Å². The number of para-hydroxylation sites is 1. The molecule has 1 saturated carbocycles. The van der Waals surface area contributed by atoms with Crippen LogP contribution in [0, 0.1) is 0 Å². The molecule has 202 valence electrons. The summed E-state index contributed by atoms with van der Waals surface area (Å²) in [6.07, 6.45) is -3.51. The highest BCUT2D eigenvalue weighted by molar-refractivity contribution is 6.20. The predicted octanol–water partition coefficient (Wildman–Crippen LogP) is 3.43. The summed E-state index contributed by atoms with van der Waals surface area (Å²) in [4.78, 5) is 45.4. The van der Waals surface area contributed by atoms with Crippen molar-refractivity contribution in [2.45, 2.75) is 50.0 Å². The number of amides is 3. The van der Waals surface area contributed by atoms with Gasteiger partial charge in [0.15, 0.2) is 0 Å². The number of carbonyl (C=O) groups is 3. The number of nitrogens with zero attached hydrogens (tertiary/aromatic N) is 2. The minimum atomic E-state index is -4.50. The molecule has 1 heterocycles. The number of rotatable bonds is 7. The second-order valence-electron chi connectivity index (χ2n) is 9.42. The van der Waals surface area contributed by atoms with E-state index >= 15 is 0 Å². The number of aliphatic imine (C=N–C) groups is 1. The number of alkyl halides is 3. The molecule has 0 saturated heterocycles. The van der Waals surface area contributed by atoms with E-state index in [9.17, 15) is 27.6 Å². The number of anilines is 1. The van der Waals surface area contributed by atoms with Crippen LogP contribution in [-0.2, 0) is 25.3 Å². The van der Waals surface area contributed by atoms with E-state index < -0.39 is 35.3 Å². The van der Waals surface area contributed by atoms with Crippen molar-refractivity contribution in [3.63, 3.8) is 0 Å². The lowest BCUT2D eigenvalue weighted by atomic mass is 9.95. The number of likely N-dealkylation sites (N-methyl/N-ethyl adjacent to an activating group) is 1. The molecule has 2 aliphatic rings. The van der Waals surface area contributed by atoms with E-state index in [0.717, 1.165) is 25.0 Å². The van der Waals surface area contributed by atoms with Crippen molar-refractivity contribution >= 4 is 29.1 Å². The molecule has 1 atom stereocenters. The summed E-state index contributed by atoms with van der Waals surface area (Å²) in [5.74, 6) is -1.39. The van der Waals surface area contributed by atoms with Crippen molar-refractivity contribution in [3.05, 3.63) is 65.2 Å². The van der Waals surface area contributed by atoms with Gasteiger partial charge in [-0.15, -0.1) is 0 Å². The Balaban J connectivity index is 1.70. The zero-order chi connectivity index (χ0) is 27.5. The molecule has 2 N–H and O–H groups in total. The highest BCUT2D eigenvalue weighted by Crippen LogP contribution is 2.33. The molecule has 0 bridgehead atoms. The Morgan fingerprint density at radius 3 is 2.39 bits per heavy atom. The van der Waals surface area contributed by atoms with Gasteiger partial charge in [0.1, 0.15) is 5.54 Å². The molecule has 4 rings (SSSR count). The van der Waals surface area contributed by atoms with Gasteiger partial charge in [-0.3, -0.25) is 14.4 Å². The van der Waals surface area contributed by atoms with E-state index in [4.69, 9.17) is 4.74 Å². The van der Waals surface area contributed by atoms with Crippen molar-refractivity contribution in [3.8, 4) is 0 Å². The number of ether oxygens (including phenoxy) is 1. The van der Waals surface area contributed by atoms with Crippen molar-refractivity contribution < 1.29 is 32.3 Å². The van der Waals surface area contributed by atoms with Crippen LogP contribution in [0.1, 0.15) is 48.8 Å². The van der Waals surface area contributed by atoms with E-state index in [1.54, 1.807) is 31.3 Å². The van der Waals surface area contributed by atoms with Crippen LogP contribution in [0.3, 0.4) is 0 Å². The summed E-state index contributed by atoms with van der Waals surface area (Å²) in [6.45, 7) is 0.203. The molecule has 1 unspecified atom stereocenters. The van der Waals surface area contributed by atoms with Crippen LogP contribution in [0.5, 0.6) is 0 Å². The molecular formula is C27H29F3N4O4. The highest BCUT2D eigenvalue weighted by atomic mass is 19.4. The van der Waals surface area contributed by atoms with Gasteiger partial charge in [0, 0.05) is 31.7 Å². The van der Waals surface area contributed by atoms with Gasteiger partial charge in [-0.1, -0.05) is 43.2 Å². The van der Waals surface area contributed by atoms with E-state index in [1.165, 1.54) is 24.1 Å². The van der Waals surface area contributed by atoms with Crippen LogP contribution < -0.4 is 15.5 Å². The highest BCUT2D eigenvalue weighted by Gasteiger charge is 2.44. The molecule has 0 spiro atoms. The minimum absolute atomic E-state index is 0.0855. The summed E-state index contributed by atoms with van der Waals surface area (Å²) in [7, 11) is 3.02. The van der Waals surface area contributed by atoms with Gasteiger partial charge in [-0.05, 0) is 31.0 Å². The van der Waals surface area contributed by atoms with E-state index in [2.05, 4.69) is 15.6 Å². The topological polar surface area (TPSA) is 100 Å². The molecular weight excluding hydrogens is 501 g/mol. The number of nitrogens with one attached hydrogen (secondary N) is 2. The molecule has 3 amide bonds. The standard InChI is InChI=1S/C27H29F3N4O4/c1-34-20-8-4-3-7-19(20)22(17-9-11-18(12-10-17)27(28,29)30)31-23(24(34)36)32-25(37)26(14-5-6-15-26)33-21(35)13-16-38-2/h3-4,7-12,23H,5-6,13-16H2,1-2H3,(H,32,37)(H,33,35). The number of benzodiazepines with no additional fused rings is 1. The lowest BCUT2D eigenvalue weighted by Crippen LogP contribution is -2.60. The fourth-order valence-corrected chi connectivity index (χ4v) is 4.84. The van der Waals surface area contributed by atoms with E-state index in [-0.39, 0.29) is 24.6 Å². The monoisotopic (exact) mass is 530 g/mol. The summed E-state index contributed by atoms with van der Waals surface area (Å²) in [5, 5.41) is 5.54. The molecule has 8 nitrogen and oxygen atoms in total. The summed E-state index contributed by atoms with van der Waals surface area (Å²) in [6, 6.07) is 11.4. The third-order valence-electron chi connectivity index (χ3n) is 6.90. The number of carbonyl (C=O) groups excluding carboxylic acids is 3. The van der Waals surface area contributed by atoms with E-state index in [1.807, 2.05) is 0 Å². The van der Waals surface area contributed by atoms with Crippen molar-refractivity contribution in [2.75, 3.05) is 25.7 Å². The Morgan fingerprint density at radius 2 is 1.76 bits per heavy atom. The quantitative estimate of drug-likeness (QED) is 0.573. The first kappa shape index (κ1) is 27.3. The van der Waals surface area contributed by atoms with Crippen LogP contribution in [-0.4, -0.2) is 55.9 Å². The molecule has 2 aromatic carbocycles. The molecule has 0 radical (unpaired) electrons. The smallest absolute Gasteiger partial charge is 0.384 e. The van der Waals surface area contributed by atoms with Gasteiger partial charge in [-0.25, -0.2) is 4.99 Å². The Hall–Kier alpha value is -3.73. The lowest BCUT2D eigenvalue weighted by molar-refractivity contribution is -0.137. The van der Waals surface area contributed by atoms with Gasteiger partial charge in [0.05, 0.1) is 23.6 Å². The van der Waals surface area contributed by atoms with Crippen molar-refractivity contribution in [1.82, 2.24) is 10.6 Å². The number of hydrogen-bond acceptors (Lipinski definition) is 5.